The van der Waals surface area contributed by atoms with E-state index in [4.69, 9.17) is 11.6 Å². The lowest BCUT2D eigenvalue weighted by Crippen LogP contribution is -2.28. The van der Waals surface area contributed by atoms with Crippen molar-refractivity contribution >= 4 is 11.6 Å². The fourth-order valence-corrected chi connectivity index (χ4v) is 2.74. The van der Waals surface area contributed by atoms with Gasteiger partial charge in [0.25, 0.3) is 0 Å². The van der Waals surface area contributed by atoms with Gasteiger partial charge >= 0.3 is 0 Å². The first-order chi connectivity index (χ1) is 7.20. The van der Waals surface area contributed by atoms with Gasteiger partial charge in [0.2, 0.25) is 0 Å². The minimum absolute atomic E-state index is 0.300. The van der Waals surface area contributed by atoms with Crippen LogP contribution in [0, 0.1) is 5.92 Å². The summed E-state index contributed by atoms with van der Waals surface area (Å²) in [5, 5.41) is 4.36. The second-order valence-corrected chi connectivity index (χ2v) is 4.93. The summed E-state index contributed by atoms with van der Waals surface area (Å²) in [6.45, 7) is 6.53. The van der Waals surface area contributed by atoms with Gasteiger partial charge in [0.15, 0.2) is 0 Å². The second-order valence-electron chi connectivity index (χ2n) is 4.52. The van der Waals surface area contributed by atoms with Crippen LogP contribution in [-0.2, 0) is 5.41 Å². The van der Waals surface area contributed by atoms with Crippen LogP contribution in [0.2, 0.25) is 5.02 Å². The predicted octanol–water partition coefficient (Wildman–Crippen LogP) is 3.23. The molecule has 0 aliphatic heterocycles. The Morgan fingerprint density at radius 3 is 2.67 bits per heavy atom. The number of benzene rings is 1. The van der Waals surface area contributed by atoms with Gasteiger partial charge in [0.1, 0.15) is 0 Å². The smallest absolute Gasteiger partial charge is 0.0444 e. The Labute approximate surface area is 96.8 Å². The van der Waals surface area contributed by atoms with Crippen LogP contribution < -0.4 is 5.32 Å². The van der Waals surface area contributed by atoms with Crippen molar-refractivity contribution in [2.24, 2.45) is 5.92 Å². The number of rotatable bonds is 4. The quantitative estimate of drug-likeness (QED) is 0.827. The zero-order valence-electron chi connectivity index (χ0n) is 9.39. The molecule has 1 aliphatic carbocycles. The van der Waals surface area contributed by atoms with E-state index in [1.807, 2.05) is 12.1 Å². The molecular formula is C13H18ClN. The predicted molar refractivity (Wildman–Crippen MR) is 65.5 cm³/mol. The standard InChI is InChI=1S/C13H18ClN/c1-3-15-9-13(8-10(13)2)11-6-4-5-7-12(11)14/h4-7,10,15H,3,8-9H2,1-2H3. The van der Waals surface area contributed by atoms with E-state index in [1.54, 1.807) is 0 Å². The third-order valence-corrected chi connectivity index (χ3v) is 3.88. The van der Waals surface area contributed by atoms with Crippen molar-refractivity contribution in [1.82, 2.24) is 5.32 Å². The maximum Gasteiger partial charge on any atom is 0.0444 e. The van der Waals surface area contributed by atoms with Crippen LogP contribution in [0.5, 0.6) is 0 Å². The van der Waals surface area contributed by atoms with Gasteiger partial charge in [-0.25, -0.2) is 0 Å². The van der Waals surface area contributed by atoms with Gasteiger partial charge in [-0.3, -0.25) is 0 Å². The van der Waals surface area contributed by atoms with Crippen LogP contribution in [0.3, 0.4) is 0 Å². The fourth-order valence-electron chi connectivity index (χ4n) is 2.42. The van der Waals surface area contributed by atoms with Crippen molar-refractivity contribution in [3.8, 4) is 0 Å². The topological polar surface area (TPSA) is 12.0 Å². The number of halogens is 1. The van der Waals surface area contributed by atoms with E-state index in [-0.39, 0.29) is 0 Å². The second kappa shape index (κ2) is 4.15. The minimum atomic E-state index is 0.300. The molecule has 1 N–H and O–H groups in total. The highest BCUT2D eigenvalue weighted by atomic mass is 35.5. The molecule has 82 valence electrons. The van der Waals surface area contributed by atoms with Crippen molar-refractivity contribution in [3.63, 3.8) is 0 Å². The van der Waals surface area contributed by atoms with Gasteiger partial charge in [-0.2, -0.15) is 0 Å². The lowest BCUT2D eigenvalue weighted by Gasteiger charge is -2.19. The normalized spacial score (nSPS) is 29.1. The maximum atomic E-state index is 6.27. The summed E-state index contributed by atoms with van der Waals surface area (Å²) in [4.78, 5) is 0. The van der Waals surface area contributed by atoms with E-state index in [1.165, 1.54) is 12.0 Å². The maximum absolute atomic E-state index is 6.27. The van der Waals surface area contributed by atoms with Crippen LogP contribution in [0.15, 0.2) is 24.3 Å². The Morgan fingerprint density at radius 2 is 2.13 bits per heavy atom. The molecule has 1 fully saturated rings. The minimum Gasteiger partial charge on any atom is -0.316 e. The van der Waals surface area contributed by atoms with Gasteiger partial charge < -0.3 is 5.32 Å². The first-order valence-corrected chi connectivity index (χ1v) is 6.04. The largest absolute Gasteiger partial charge is 0.316 e. The van der Waals surface area contributed by atoms with Crippen LogP contribution in [0.4, 0.5) is 0 Å². The van der Waals surface area contributed by atoms with E-state index in [0.29, 0.717) is 5.41 Å². The Bertz CT molecular complexity index is 350. The highest BCUT2D eigenvalue weighted by molar-refractivity contribution is 6.31. The molecule has 1 saturated carbocycles. The molecule has 0 spiro atoms. The number of hydrogen-bond acceptors (Lipinski definition) is 1. The molecule has 0 saturated heterocycles. The first-order valence-electron chi connectivity index (χ1n) is 5.66. The first kappa shape index (κ1) is 11.0. The SMILES string of the molecule is CCNCC1(c2ccccc2Cl)CC1C. The van der Waals surface area contributed by atoms with E-state index in [0.717, 1.165) is 24.0 Å². The van der Waals surface area contributed by atoms with Gasteiger partial charge in [0, 0.05) is 17.0 Å². The average molecular weight is 224 g/mol. The number of likely N-dealkylation sites (N-methyl/N-ethyl adjacent to an activating group) is 1. The molecule has 0 radical (unpaired) electrons. The fraction of sp³-hybridized carbons (Fsp3) is 0.538. The third-order valence-electron chi connectivity index (χ3n) is 3.55. The molecule has 1 aliphatic rings. The number of nitrogens with one attached hydrogen (secondary N) is 1. The number of hydrogen-bond donors (Lipinski definition) is 1. The lowest BCUT2D eigenvalue weighted by molar-refractivity contribution is 0.556. The van der Waals surface area contributed by atoms with E-state index >= 15 is 0 Å². The molecule has 0 amide bonds. The van der Waals surface area contributed by atoms with Gasteiger partial charge in [0.05, 0.1) is 0 Å². The molecule has 2 heteroatoms. The van der Waals surface area contributed by atoms with Crippen molar-refractivity contribution in [2.75, 3.05) is 13.1 Å². The average Bonchev–Trinajstić information content (AvgIpc) is 2.88. The van der Waals surface area contributed by atoms with E-state index in [9.17, 15) is 0 Å². The zero-order valence-corrected chi connectivity index (χ0v) is 10.1. The summed E-state index contributed by atoms with van der Waals surface area (Å²) in [7, 11) is 0. The molecule has 1 aromatic carbocycles. The Morgan fingerprint density at radius 1 is 1.47 bits per heavy atom. The van der Waals surface area contributed by atoms with Crippen molar-refractivity contribution < 1.29 is 0 Å². The molecule has 0 aromatic heterocycles. The molecular weight excluding hydrogens is 206 g/mol. The summed E-state index contributed by atoms with van der Waals surface area (Å²) in [5.74, 6) is 0.747. The monoisotopic (exact) mass is 223 g/mol. The van der Waals surface area contributed by atoms with Crippen LogP contribution in [-0.4, -0.2) is 13.1 Å². The molecule has 1 aromatic rings. The molecule has 2 atom stereocenters. The molecule has 2 unspecified atom stereocenters. The molecule has 0 heterocycles. The summed E-state index contributed by atoms with van der Waals surface area (Å²) >= 11 is 6.27. The van der Waals surface area contributed by atoms with E-state index < -0.39 is 0 Å². The molecule has 15 heavy (non-hydrogen) atoms. The van der Waals surface area contributed by atoms with Crippen molar-refractivity contribution in [1.29, 1.82) is 0 Å². The Balaban J connectivity index is 2.24. The molecule has 0 bridgehead atoms. The molecule has 1 nitrogen and oxygen atoms in total. The van der Waals surface area contributed by atoms with E-state index in [2.05, 4.69) is 31.3 Å². The Kier molecular flexibility index (Phi) is 3.03. The zero-order chi connectivity index (χ0) is 10.9. The lowest BCUT2D eigenvalue weighted by atomic mass is 9.93. The van der Waals surface area contributed by atoms with Crippen molar-refractivity contribution in [3.05, 3.63) is 34.9 Å². The summed E-state index contributed by atoms with van der Waals surface area (Å²) < 4.78 is 0. The van der Waals surface area contributed by atoms with Crippen LogP contribution >= 0.6 is 11.6 Å². The van der Waals surface area contributed by atoms with Crippen LogP contribution in [0.1, 0.15) is 25.8 Å². The summed E-state index contributed by atoms with van der Waals surface area (Å²) in [6, 6.07) is 8.25. The van der Waals surface area contributed by atoms with Crippen molar-refractivity contribution in [2.45, 2.75) is 25.7 Å². The highest BCUT2D eigenvalue weighted by Crippen LogP contribution is 2.55. The highest BCUT2D eigenvalue weighted by Gasteiger charge is 2.52. The van der Waals surface area contributed by atoms with Crippen LogP contribution in [0.25, 0.3) is 0 Å². The third kappa shape index (κ3) is 1.91. The summed E-state index contributed by atoms with van der Waals surface area (Å²) in [6.07, 6.45) is 1.25. The van der Waals surface area contributed by atoms with Gasteiger partial charge in [-0.15, -0.1) is 0 Å². The Hall–Kier alpha value is -0.530. The molecule has 2 rings (SSSR count). The van der Waals surface area contributed by atoms with Gasteiger partial charge in [-0.1, -0.05) is 43.6 Å². The summed E-state index contributed by atoms with van der Waals surface area (Å²) in [5.41, 5.74) is 1.62. The van der Waals surface area contributed by atoms with Gasteiger partial charge in [-0.05, 0) is 30.5 Å².